The minimum atomic E-state index is -0.393. The summed E-state index contributed by atoms with van der Waals surface area (Å²) < 4.78 is 13.0. The summed E-state index contributed by atoms with van der Waals surface area (Å²) in [6, 6.07) is 8.27. The lowest BCUT2D eigenvalue weighted by Gasteiger charge is -2.19. The van der Waals surface area contributed by atoms with Crippen LogP contribution in [0.4, 0.5) is 4.39 Å². The van der Waals surface area contributed by atoms with Crippen LogP contribution in [0.1, 0.15) is 29.6 Å². The molecule has 0 amide bonds. The van der Waals surface area contributed by atoms with E-state index in [0.29, 0.717) is 24.6 Å². The van der Waals surface area contributed by atoms with E-state index in [1.54, 1.807) is 12.1 Å². The standard InChI is InChI=1S/C14H15FN2O/c15-12-4-1-3-11(9-12)14(18)10-17(8-2-7-16)13-5-6-13/h1,3-4,9,13H,2,5-6,8,10H2. The predicted octanol–water partition coefficient (Wildman–Crippen LogP) is 2.39. The monoisotopic (exact) mass is 246 g/mol. The lowest BCUT2D eigenvalue weighted by atomic mass is 10.1. The van der Waals surface area contributed by atoms with Crippen molar-refractivity contribution in [1.29, 1.82) is 5.26 Å². The van der Waals surface area contributed by atoms with Gasteiger partial charge in [0, 0.05) is 24.6 Å². The van der Waals surface area contributed by atoms with E-state index in [1.807, 2.05) is 4.90 Å². The van der Waals surface area contributed by atoms with Gasteiger partial charge in [-0.2, -0.15) is 5.26 Å². The third-order valence-corrected chi connectivity index (χ3v) is 3.07. The van der Waals surface area contributed by atoms with E-state index >= 15 is 0 Å². The first-order valence-electron chi connectivity index (χ1n) is 6.10. The molecule has 4 heteroatoms. The molecule has 1 aromatic rings. The Kier molecular flexibility index (Phi) is 4.06. The molecule has 1 aliphatic rings. The molecule has 0 atom stereocenters. The van der Waals surface area contributed by atoms with E-state index in [0.717, 1.165) is 12.8 Å². The number of ketones is 1. The number of benzene rings is 1. The third kappa shape index (κ3) is 3.38. The average molecular weight is 246 g/mol. The molecule has 1 aliphatic carbocycles. The highest BCUT2D eigenvalue weighted by molar-refractivity contribution is 5.97. The van der Waals surface area contributed by atoms with Crippen LogP contribution < -0.4 is 0 Å². The first-order chi connectivity index (χ1) is 8.70. The molecule has 18 heavy (non-hydrogen) atoms. The predicted molar refractivity (Wildman–Crippen MR) is 65.6 cm³/mol. The average Bonchev–Trinajstić information content (AvgIpc) is 3.18. The van der Waals surface area contributed by atoms with Gasteiger partial charge in [-0.3, -0.25) is 9.69 Å². The van der Waals surface area contributed by atoms with Crippen molar-refractivity contribution < 1.29 is 9.18 Å². The van der Waals surface area contributed by atoms with Gasteiger partial charge in [-0.05, 0) is 25.0 Å². The van der Waals surface area contributed by atoms with Gasteiger partial charge in [-0.1, -0.05) is 12.1 Å². The Morgan fingerprint density at radius 2 is 2.28 bits per heavy atom. The number of hydrogen-bond acceptors (Lipinski definition) is 3. The Hall–Kier alpha value is -1.73. The van der Waals surface area contributed by atoms with Crippen molar-refractivity contribution in [3.63, 3.8) is 0 Å². The fraction of sp³-hybridized carbons (Fsp3) is 0.429. The summed E-state index contributed by atoms with van der Waals surface area (Å²) in [4.78, 5) is 14.0. The first kappa shape index (κ1) is 12.7. The molecule has 3 nitrogen and oxygen atoms in total. The molecule has 0 bridgehead atoms. The SMILES string of the molecule is N#CCCN(CC(=O)c1cccc(F)c1)C1CC1. The second kappa shape index (κ2) is 5.74. The van der Waals surface area contributed by atoms with Gasteiger partial charge in [0.1, 0.15) is 5.82 Å². The fourth-order valence-electron chi connectivity index (χ4n) is 1.96. The number of nitriles is 1. The largest absolute Gasteiger partial charge is 0.293 e. The Bertz CT molecular complexity index is 477. The number of carbonyl (C=O) groups is 1. The van der Waals surface area contributed by atoms with Crippen molar-refractivity contribution in [2.24, 2.45) is 0 Å². The van der Waals surface area contributed by atoms with Gasteiger partial charge < -0.3 is 0 Å². The topological polar surface area (TPSA) is 44.1 Å². The van der Waals surface area contributed by atoms with Crippen LogP contribution in [0.5, 0.6) is 0 Å². The van der Waals surface area contributed by atoms with E-state index in [9.17, 15) is 9.18 Å². The normalized spacial score (nSPS) is 14.5. The fourth-order valence-corrected chi connectivity index (χ4v) is 1.96. The molecular weight excluding hydrogens is 231 g/mol. The first-order valence-corrected chi connectivity index (χ1v) is 6.10. The highest BCUT2D eigenvalue weighted by Gasteiger charge is 2.30. The molecule has 0 unspecified atom stereocenters. The Morgan fingerprint density at radius 3 is 2.89 bits per heavy atom. The van der Waals surface area contributed by atoms with Crippen molar-refractivity contribution in [1.82, 2.24) is 4.90 Å². The molecule has 0 spiro atoms. The molecule has 1 saturated carbocycles. The molecule has 94 valence electrons. The van der Waals surface area contributed by atoms with Gasteiger partial charge in [0.2, 0.25) is 0 Å². The maximum absolute atomic E-state index is 13.0. The number of hydrogen-bond donors (Lipinski definition) is 0. The Balaban J connectivity index is 1.98. The number of carbonyl (C=O) groups excluding carboxylic acids is 1. The summed E-state index contributed by atoms with van der Waals surface area (Å²) in [7, 11) is 0. The quantitative estimate of drug-likeness (QED) is 0.724. The maximum Gasteiger partial charge on any atom is 0.176 e. The third-order valence-electron chi connectivity index (χ3n) is 3.07. The summed E-state index contributed by atoms with van der Waals surface area (Å²) in [6.45, 7) is 0.887. The highest BCUT2D eigenvalue weighted by atomic mass is 19.1. The summed E-state index contributed by atoms with van der Waals surface area (Å²) >= 11 is 0. The van der Waals surface area contributed by atoms with E-state index in [-0.39, 0.29) is 12.3 Å². The zero-order valence-corrected chi connectivity index (χ0v) is 10.1. The van der Waals surface area contributed by atoms with Crippen molar-refractivity contribution in [3.05, 3.63) is 35.6 Å². The zero-order valence-electron chi connectivity index (χ0n) is 10.1. The minimum Gasteiger partial charge on any atom is -0.293 e. The molecule has 0 N–H and O–H groups in total. The second-order valence-corrected chi connectivity index (χ2v) is 4.54. The maximum atomic E-state index is 13.0. The summed E-state index contributed by atoms with van der Waals surface area (Å²) in [6.07, 6.45) is 2.59. The van der Waals surface area contributed by atoms with Crippen LogP contribution in [-0.2, 0) is 0 Å². The van der Waals surface area contributed by atoms with Crippen LogP contribution in [0.2, 0.25) is 0 Å². The van der Waals surface area contributed by atoms with E-state index in [4.69, 9.17) is 5.26 Å². The van der Waals surface area contributed by atoms with Crippen molar-refractivity contribution >= 4 is 5.78 Å². The minimum absolute atomic E-state index is 0.0839. The smallest absolute Gasteiger partial charge is 0.176 e. The lowest BCUT2D eigenvalue weighted by Crippen LogP contribution is -2.32. The number of halogens is 1. The Morgan fingerprint density at radius 1 is 1.50 bits per heavy atom. The van der Waals surface area contributed by atoms with Crippen LogP contribution in [0, 0.1) is 17.1 Å². The molecule has 1 fully saturated rings. The van der Waals surface area contributed by atoms with Crippen molar-refractivity contribution in [2.75, 3.05) is 13.1 Å². The summed E-state index contributed by atoms with van der Waals surface area (Å²) in [5.74, 6) is -0.477. The van der Waals surface area contributed by atoms with Crippen molar-refractivity contribution in [2.45, 2.75) is 25.3 Å². The molecule has 0 aromatic heterocycles. The van der Waals surface area contributed by atoms with Crippen LogP contribution in [-0.4, -0.2) is 29.8 Å². The van der Waals surface area contributed by atoms with Crippen LogP contribution >= 0.6 is 0 Å². The molecule has 0 heterocycles. The van der Waals surface area contributed by atoms with Gasteiger partial charge in [0.25, 0.3) is 0 Å². The van der Waals surface area contributed by atoms with Gasteiger partial charge in [-0.25, -0.2) is 4.39 Å². The van der Waals surface area contributed by atoms with Crippen LogP contribution in [0.3, 0.4) is 0 Å². The van der Waals surface area contributed by atoms with Crippen molar-refractivity contribution in [3.8, 4) is 6.07 Å². The van der Waals surface area contributed by atoms with Gasteiger partial charge in [0.15, 0.2) is 5.78 Å². The van der Waals surface area contributed by atoms with Crippen LogP contribution in [0.25, 0.3) is 0 Å². The van der Waals surface area contributed by atoms with Gasteiger partial charge in [0.05, 0.1) is 12.6 Å². The molecule has 2 rings (SSSR count). The van der Waals surface area contributed by atoms with Gasteiger partial charge >= 0.3 is 0 Å². The summed E-state index contributed by atoms with van der Waals surface area (Å²) in [5, 5.41) is 8.59. The lowest BCUT2D eigenvalue weighted by molar-refractivity contribution is 0.0926. The molecular formula is C14H15FN2O. The highest BCUT2D eigenvalue weighted by Crippen LogP contribution is 2.27. The number of rotatable bonds is 6. The second-order valence-electron chi connectivity index (χ2n) is 4.54. The molecule has 1 aromatic carbocycles. The number of Topliss-reactive ketones (excluding diaryl/α,β-unsaturated/α-hetero) is 1. The molecule has 0 saturated heterocycles. The van der Waals surface area contributed by atoms with Gasteiger partial charge in [-0.15, -0.1) is 0 Å². The molecule has 0 radical (unpaired) electrons. The zero-order chi connectivity index (χ0) is 13.0. The Labute approximate surface area is 106 Å². The van der Waals surface area contributed by atoms with E-state index < -0.39 is 5.82 Å². The number of nitrogens with zero attached hydrogens (tertiary/aromatic N) is 2. The molecule has 0 aliphatic heterocycles. The van der Waals surface area contributed by atoms with Crippen LogP contribution in [0.15, 0.2) is 24.3 Å². The van der Waals surface area contributed by atoms with E-state index in [1.165, 1.54) is 12.1 Å². The summed E-state index contributed by atoms with van der Waals surface area (Å²) in [5.41, 5.74) is 0.401. The van der Waals surface area contributed by atoms with E-state index in [2.05, 4.69) is 6.07 Å².